The lowest BCUT2D eigenvalue weighted by Gasteiger charge is -2.21. The molecule has 3 nitrogen and oxygen atoms in total. The van der Waals surface area contributed by atoms with Gasteiger partial charge < -0.3 is 15.1 Å². The van der Waals surface area contributed by atoms with Gasteiger partial charge in [-0.2, -0.15) is 0 Å². The number of halogens is 1. The average molecular weight is 339 g/mol. The highest BCUT2D eigenvalue weighted by molar-refractivity contribution is 9.10. The van der Waals surface area contributed by atoms with Crippen LogP contribution in [0.3, 0.4) is 0 Å². The summed E-state index contributed by atoms with van der Waals surface area (Å²) in [5.41, 5.74) is 7.61. The van der Waals surface area contributed by atoms with E-state index in [1.807, 2.05) is 44.3 Å². The third kappa shape index (κ3) is 3.36. The smallest absolute Gasteiger partial charge is 0.123 e. The van der Waals surface area contributed by atoms with E-state index in [1.165, 1.54) is 0 Å². The molecule has 2 rings (SSSR count). The quantitative estimate of drug-likeness (QED) is 0.864. The zero-order chi connectivity index (χ0) is 14.0. The number of thiocarbonyl (C=S) groups is 1. The Morgan fingerprint density at radius 2 is 2.11 bits per heavy atom. The summed E-state index contributed by atoms with van der Waals surface area (Å²) in [6, 6.07) is 9.79. The van der Waals surface area contributed by atoms with E-state index in [2.05, 4.69) is 20.8 Å². The van der Waals surface area contributed by atoms with Crippen LogP contribution in [0.2, 0.25) is 0 Å². The van der Waals surface area contributed by atoms with Gasteiger partial charge in [0.2, 0.25) is 0 Å². The summed E-state index contributed by atoms with van der Waals surface area (Å²) < 4.78 is 6.58. The molecule has 0 amide bonds. The van der Waals surface area contributed by atoms with Crippen LogP contribution >= 0.6 is 28.1 Å². The number of hydrogen-bond acceptors (Lipinski definition) is 3. The second kappa shape index (κ2) is 5.75. The van der Waals surface area contributed by atoms with Gasteiger partial charge in [0.15, 0.2) is 0 Å². The van der Waals surface area contributed by atoms with Crippen molar-refractivity contribution in [2.75, 3.05) is 11.9 Å². The lowest BCUT2D eigenvalue weighted by atomic mass is 10.1. The third-order valence-electron chi connectivity index (χ3n) is 2.83. The first-order valence-corrected chi connectivity index (χ1v) is 7.03. The van der Waals surface area contributed by atoms with Gasteiger partial charge in [0.1, 0.15) is 16.5 Å². The minimum absolute atomic E-state index is 0.393. The molecule has 1 heterocycles. The summed E-state index contributed by atoms with van der Waals surface area (Å²) in [5.74, 6) is 1.82. The number of nitrogens with zero attached hydrogens (tertiary/aromatic N) is 1. The highest BCUT2D eigenvalue weighted by atomic mass is 79.9. The summed E-state index contributed by atoms with van der Waals surface area (Å²) in [5, 5.41) is 0. The lowest BCUT2D eigenvalue weighted by molar-refractivity contribution is 0.482. The van der Waals surface area contributed by atoms with Crippen molar-refractivity contribution < 1.29 is 4.42 Å². The first kappa shape index (κ1) is 14.1. The van der Waals surface area contributed by atoms with E-state index in [-0.39, 0.29) is 0 Å². The van der Waals surface area contributed by atoms with Gasteiger partial charge in [-0.05, 0) is 37.3 Å². The zero-order valence-electron chi connectivity index (χ0n) is 10.8. The van der Waals surface area contributed by atoms with E-state index in [0.29, 0.717) is 11.5 Å². The summed E-state index contributed by atoms with van der Waals surface area (Å²) in [6.45, 7) is 2.60. The van der Waals surface area contributed by atoms with E-state index >= 15 is 0 Å². The molecule has 19 heavy (non-hydrogen) atoms. The van der Waals surface area contributed by atoms with Gasteiger partial charge in [0, 0.05) is 22.8 Å². The number of nitrogens with two attached hydrogens (primary N) is 1. The Hall–Kier alpha value is -1.33. The highest BCUT2D eigenvalue weighted by Crippen LogP contribution is 2.26. The number of furan rings is 1. The van der Waals surface area contributed by atoms with Crippen LogP contribution in [-0.2, 0) is 6.54 Å². The van der Waals surface area contributed by atoms with Gasteiger partial charge in [-0.15, -0.1) is 0 Å². The van der Waals surface area contributed by atoms with Gasteiger partial charge in [-0.25, -0.2) is 0 Å². The van der Waals surface area contributed by atoms with Crippen LogP contribution in [0.1, 0.15) is 17.1 Å². The maximum atomic E-state index is 5.77. The molecule has 0 aliphatic heterocycles. The number of benzene rings is 1. The Balaban J connectivity index is 2.29. The first-order valence-electron chi connectivity index (χ1n) is 5.83. The van der Waals surface area contributed by atoms with E-state index in [9.17, 15) is 0 Å². The zero-order valence-corrected chi connectivity index (χ0v) is 13.2. The normalized spacial score (nSPS) is 10.5. The molecule has 0 fully saturated rings. The monoisotopic (exact) mass is 338 g/mol. The Labute approximate surface area is 126 Å². The summed E-state index contributed by atoms with van der Waals surface area (Å²) in [6.07, 6.45) is 0. The lowest BCUT2D eigenvalue weighted by Crippen LogP contribution is -2.21. The van der Waals surface area contributed by atoms with Crippen LogP contribution in [0, 0.1) is 6.92 Å². The van der Waals surface area contributed by atoms with Gasteiger partial charge in [-0.3, -0.25) is 0 Å². The predicted molar refractivity (Wildman–Crippen MR) is 85.6 cm³/mol. The van der Waals surface area contributed by atoms with Gasteiger partial charge in [0.05, 0.1) is 6.54 Å². The second-order valence-electron chi connectivity index (χ2n) is 4.39. The van der Waals surface area contributed by atoms with Gasteiger partial charge in [-0.1, -0.05) is 28.1 Å². The second-order valence-corrected chi connectivity index (χ2v) is 5.75. The largest absolute Gasteiger partial charge is 0.464 e. The molecule has 0 atom stereocenters. The molecule has 2 aromatic rings. The van der Waals surface area contributed by atoms with Crippen molar-refractivity contribution in [2.24, 2.45) is 5.73 Å². The Kier molecular flexibility index (Phi) is 4.27. The number of rotatable bonds is 4. The molecule has 0 spiro atoms. The van der Waals surface area contributed by atoms with Crippen LogP contribution in [-0.4, -0.2) is 12.0 Å². The van der Waals surface area contributed by atoms with E-state index in [1.54, 1.807) is 0 Å². The molecule has 2 N–H and O–H groups in total. The number of hydrogen-bond donors (Lipinski definition) is 1. The SMILES string of the molecule is Cc1ccc(CN(C)c2cc(Br)ccc2C(N)=S)o1. The molecule has 0 unspecified atom stereocenters. The Bertz CT molecular complexity index is 609. The summed E-state index contributed by atoms with van der Waals surface area (Å²) in [4.78, 5) is 2.46. The molecule has 0 bridgehead atoms. The summed E-state index contributed by atoms with van der Waals surface area (Å²) in [7, 11) is 1.99. The number of aryl methyl sites for hydroxylation is 1. The fourth-order valence-electron chi connectivity index (χ4n) is 1.92. The Morgan fingerprint density at radius 1 is 1.37 bits per heavy atom. The predicted octanol–water partition coefficient (Wildman–Crippen LogP) is 3.62. The molecule has 0 saturated heterocycles. The van der Waals surface area contributed by atoms with Crippen molar-refractivity contribution in [3.05, 3.63) is 51.9 Å². The first-order chi connectivity index (χ1) is 8.97. The molecular formula is C14H15BrN2OS. The van der Waals surface area contributed by atoms with Crippen molar-refractivity contribution in [3.63, 3.8) is 0 Å². The maximum Gasteiger partial charge on any atom is 0.123 e. The maximum absolute atomic E-state index is 5.77. The van der Waals surface area contributed by atoms with E-state index in [4.69, 9.17) is 22.4 Å². The van der Waals surface area contributed by atoms with Crippen molar-refractivity contribution in [3.8, 4) is 0 Å². The molecule has 1 aromatic carbocycles. The van der Waals surface area contributed by atoms with Crippen LogP contribution in [0.25, 0.3) is 0 Å². The minimum atomic E-state index is 0.393. The molecule has 5 heteroatoms. The fraction of sp³-hybridized carbons (Fsp3) is 0.214. The van der Waals surface area contributed by atoms with Crippen molar-refractivity contribution in [1.29, 1.82) is 0 Å². The third-order valence-corrected chi connectivity index (χ3v) is 3.54. The van der Waals surface area contributed by atoms with Crippen LogP contribution < -0.4 is 10.6 Å². The van der Waals surface area contributed by atoms with Crippen molar-refractivity contribution >= 4 is 38.8 Å². The molecule has 1 aromatic heterocycles. The fourth-order valence-corrected chi connectivity index (χ4v) is 2.44. The minimum Gasteiger partial charge on any atom is -0.464 e. The van der Waals surface area contributed by atoms with Crippen molar-refractivity contribution in [1.82, 2.24) is 0 Å². The Morgan fingerprint density at radius 3 is 2.68 bits per heavy atom. The molecule has 0 aliphatic carbocycles. The van der Waals surface area contributed by atoms with Crippen LogP contribution in [0.5, 0.6) is 0 Å². The standard InChI is InChI=1S/C14H15BrN2OS/c1-9-3-5-11(18-9)8-17(2)13-7-10(15)4-6-12(13)14(16)19/h3-7H,8H2,1-2H3,(H2,16,19). The van der Waals surface area contributed by atoms with E-state index in [0.717, 1.165) is 27.2 Å². The average Bonchev–Trinajstić information content (AvgIpc) is 2.74. The molecule has 0 radical (unpaired) electrons. The number of anilines is 1. The molecule has 0 aliphatic rings. The molecule has 100 valence electrons. The van der Waals surface area contributed by atoms with Gasteiger partial charge in [0.25, 0.3) is 0 Å². The molecular weight excluding hydrogens is 324 g/mol. The summed E-state index contributed by atoms with van der Waals surface area (Å²) >= 11 is 8.56. The highest BCUT2D eigenvalue weighted by Gasteiger charge is 2.12. The molecule has 0 saturated carbocycles. The van der Waals surface area contributed by atoms with Gasteiger partial charge >= 0.3 is 0 Å². The van der Waals surface area contributed by atoms with Crippen LogP contribution in [0.15, 0.2) is 39.2 Å². The van der Waals surface area contributed by atoms with Crippen LogP contribution in [0.4, 0.5) is 5.69 Å². The topological polar surface area (TPSA) is 42.4 Å². The van der Waals surface area contributed by atoms with Crippen molar-refractivity contribution in [2.45, 2.75) is 13.5 Å². The van der Waals surface area contributed by atoms with E-state index < -0.39 is 0 Å².